The van der Waals surface area contributed by atoms with E-state index in [4.69, 9.17) is 9.47 Å². The van der Waals surface area contributed by atoms with Gasteiger partial charge in [-0.25, -0.2) is 0 Å². The number of ether oxygens (including phenoxy) is 2. The molecule has 0 saturated carbocycles. The monoisotopic (exact) mass is 397 g/mol. The van der Waals surface area contributed by atoms with Gasteiger partial charge in [0.05, 0.1) is 18.8 Å². The lowest BCUT2D eigenvalue weighted by Crippen LogP contribution is -2.51. The number of aliphatic hydroxyl groups excluding tert-OH is 3. The number of aromatic nitrogens is 1. The third kappa shape index (κ3) is 4.16. The van der Waals surface area contributed by atoms with Crippen LogP contribution in [0.4, 0.5) is 0 Å². The molecule has 4 atom stereocenters. The molecule has 0 amide bonds. The standard InChI is InChI=1S/C23H27NO5/c1-2-14-6-8-15(9-7-14)10-16-12-24-18-4-3-5-20(21(16)18)29-23-22(27)19(26)11-17(13-25)28-23/h3-9,12,17,19,22-27H,2,10-11,13H2,1H3/t17-,19-,22+,23-/m0/s1. The second-order valence-corrected chi connectivity index (χ2v) is 7.56. The zero-order valence-corrected chi connectivity index (χ0v) is 16.4. The van der Waals surface area contributed by atoms with Gasteiger partial charge in [0.2, 0.25) is 6.29 Å². The molecule has 3 aromatic rings. The Morgan fingerprint density at radius 2 is 1.86 bits per heavy atom. The van der Waals surface area contributed by atoms with Crippen LogP contribution in [0.5, 0.6) is 5.75 Å². The number of hydrogen-bond acceptors (Lipinski definition) is 5. The Labute approximate surface area is 169 Å². The average Bonchev–Trinajstić information content (AvgIpc) is 3.15. The summed E-state index contributed by atoms with van der Waals surface area (Å²) in [5.74, 6) is 0.568. The molecule has 6 nitrogen and oxygen atoms in total. The molecule has 29 heavy (non-hydrogen) atoms. The minimum Gasteiger partial charge on any atom is -0.461 e. The lowest BCUT2D eigenvalue weighted by molar-refractivity contribution is -0.240. The van der Waals surface area contributed by atoms with Crippen molar-refractivity contribution in [2.24, 2.45) is 0 Å². The van der Waals surface area contributed by atoms with Crippen LogP contribution in [0.2, 0.25) is 0 Å². The minimum atomic E-state index is -1.18. The smallest absolute Gasteiger partial charge is 0.229 e. The van der Waals surface area contributed by atoms with Crippen LogP contribution in [-0.4, -0.2) is 51.5 Å². The van der Waals surface area contributed by atoms with Crippen LogP contribution < -0.4 is 4.74 Å². The summed E-state index contributed by atoms with van der Waals surface area (Å²) in [7, 11) is 0. The van der Waals surface area contributed by atoms with Crippen LogP contribution in [-0.2, 0) is 17.6 Å². The Morgan fingerprint density at radius 3 is 2.59 bits per heavy atom. The third-order valence-corrected chi connectivity index (χ3v) is 5.53. The fourth-order valence-corrected chi connectivity index (χ4v) is 3.83. The van der Waals surface area contributed by atoms with Crippen LogP contribution in [0, 0.1) is 0 Å². The first-order valence-corrected chi connectivity index (χ1v) is 10.0. The van der Waals surface area contributed by atoms with Crippen molar-refractivity contribution < 1.29 is 24.8 Å². The van der Waals surface area contributed by atoms with Crippen molar-refractivity contribution in [1.82, 2.24) is 4.98 Å². The quantitative estimate of drug-likeness (QED) is 0.513. The molecule has 1 aliphatic heterocycles. The van der Waals surface area contributed by atoms with Crippen LogP contribution in [0.25, 0.3) is 10.9 Å². The Balaban J connectivity index is 1.62. The van der Waals surface area contributed by atoms with Gasteiger partial charge in [0.15, 0.2) is 0 Å². The first kappa shape index (κ1) is 19.9. The summed E-state index contributed by atoms with van der Waals surface area (Å²) in [6.07, 6.45) is 0.0776. The van der Waals surface area contributed by atoms with Gasteiger partial charge in [-0.15, -0.1) is 0 Å². The lowest BCUT2D eigenvalue weighted by atomic mass is 10.0. The summed E-state index contributed by atoms with van der Waals surface area (Å²) in [5.41, 5.74) is 4.50. The molecule has 2 aromatic carbocycles. The zero-order chi connectivity index (χ0) is 20.4. The van der Waals surface area contributed by atoms with E-state index in [0.717, 1.165) is 29.3 Å². The molecule has 0 radical (unpaired) electrons. The topological polar surface area (TPSA) is 94.9 Å². The number of aromatic amines is 1. The normalized spacial score (nSPS) is 24.7. The maximum Gasteiger partial charge on any atom is 0.229 e. The summed E-state index contributed by atoms with van der Waals surface area (Å²) in [6.45, 7) is 1.90. The molecule has 154 valence electrons. The maximum absolute atomic E-state index is 10.3. The molecule has 0 unspecified atom stereocenters. The second kappa shape index (κ2) is 8.55. The molecule has 1 aliphatic rings. The van der Waals surface area contributed by atoms with Gasteiger partial charge in [0.1, 0.15) is 11.9 Å². The molecule has 2 heterocycles. The Morgan fingerprint density at radius 1 is 1.10 bits per heavy atom. The van der Waals surface area contributed by atoms with Crippen molar-refractivity contribution in [3.8, 4) is 5.75 Å². The highest BCUT2D eigenvalue weighted by Crippen LogP contribution is 2.33. The Hall–Kier alpha value is -2.38. The molecule has 6 heteroatoms. The van der Waals surface area contributed by atoms with Crippen LogP contribution in [0.3, 0.4) is 0 Å². The van der Waals surface area contributed by atoms with Crippen molar-refractivity contribution in [2.75, 3.05) is 6.61 Å². The highest BCUT2D eigenvalue weighted by Gasteiger charge is 2.38. The summed E-state index contributed by atoms with van der Waals surface area (Å²) in [5, 5.41) is 30.7. The summed E-state index contributed by atoms with van der Waals surface area (Å²) in [6, 6.07) is 14.2. The van der Waals surface area contributed by atoms with Crippen molar-refractivity contribution in [2.45, 2.75) is 50.8 Å². The van der Waals surface area contributed by atoms with E-state index in [0.29, 0.717) is 5.75 Å². The molecular formula is C23H27NO5. The molecule has 1 saturated heterocycles. The Bertz CT molecular complexity index is 952. The summed E-state index contributed by atoms with van der Waals surface area (Å²) >= 11 is 0. The van der Waals surface area contributed by atoms with Crippen LogP contribution >= 0.6 is 0 Å². The van der Waals surface area contributed by atoms with Gasteiger partial charge < -0.3 is 29.8 Å². The van der Waals surface area contributed by atoms with E-state index in [1.165, 1.54) is 11.1 Å². The van der Waals surface area contributed by atoms with E-state index >= 15 is 0 Å². The van der Waals surface area contributed by atoms with Crippen molar-refractivity contribution in [3.05, 3.63) is 65.4 Å². The molecule has 0 aliphatic carbocycles. The van der Waals surface area contributed by atoms with Crippen molar-refractivity contribution in [3.63, 3.8) is 0 Å². The molecule has 1 fully saturated rings. The third-order valence-electron chi connectivity index (χ3n) is 5.53. The average molecular weight is 397 g/mol. The SMILES string of the molecule is CCc1ccc(Cc2c[nH]c3cccc(O[C@@H]4O[C@H](CO)C[C@H](O)[C@H]4O)c23)cc1. The van der Waals surface area contributed by atoms with Crippen molar-refractivity contribution >= 4 is 10.9 Å². The fourth-order valence-electron chi connectivity index (χ4n) is 3.83. The summed E-state index contributed by atoms with van der Waals surface area (Å²) < 4.78 is 11.6. The Kier molecular flexibility index (Phi) is 5.87. The van der Waals surface area contributed by atoms with Gasteiger partial charge >= 0.3 is 0 Å². The molecular weight excluding hydrogens is 370 g/mol. The maximum atomic E-state index is 10.3. The molecule has 1 aromatic heterocycles. The van der Waals surface area contributed by atoms with E-state index in [2.05, 4.69) is 36.2 Å². The lowest BCUT2D eigenvalue weighted by Gasteiger charge is -2.36. The number of aryl methyl sites for hydroxylation is 1. The van der Waals surface area contributed by atoms with E-state index in [1.807, 2.05) is 24.4 Å². The second-order valence-electron chi connectivity index (χ2n) is 7.56. The number of hydrogen-bond donors (Lipinski definition) is 4. The van der Waals surface area contributed by atoms with E-state index < -0.39 is 24.6 Å². The molecule has 4 N–H and O–H groups in total. The number of benzene rings is 2. The van der Waals surface area contributed by atoms with Crippen LogP contribution in [0.1, 0.15) is 30.0 Å². The van der Waals surface area contributed by atoms with Crippen molar-refractivity contribution in [1.29, 1.82) is 0 Å². The minimum absolute atomic E-state index is 0.172. The number of nitrogens with one attached hydrogen (secondary N) is 1. The highest BCUT2D eigenvalue weighted by atomic mass is 16.7. The van der Waals surface area contributed by atoms with Crippen LogP contribution in [0.15, 0.2) is 48.7 Å². The van der Waals surface area contributed by atoms with Gasteiger partial charge in [-0.3, -0.25) is 0 Å². The molecule has 0 spiro atoms. The van der Waals surface area contributed by atoms with E-state index in [1.54, 1.807) is 0 Å². The predicted molar refractivity (Wildman–Crippen MR) is 110 cm³/mol. The van der Waals surface area contributed by atoms with Gasteiger partial charge in [-0.1, -0.05) is 37.3 Å². The zero-order valence-electron chi connectivity index (χ0n) is 16.4. The largest absolute Gasteiger partial charge is 0.461 e. The first-order chi connectivity index (χ1) is 14.1. The van der Waals surface area contributed by atoms with E-state index in [9.17, 15) is 15.3 Å². The fraction of sp³-hybridized carbons (Fsp3) is 0.391. The van der Waals surface area contributed by atoms with Gasteiger partial charge in [-0.2, -0.15) is 0 Å². The predicted octanol–water partition coefficient (Wildman–Crippen LogP) is 2.53. The number of H-pyrrole nitrogens is 1. The molecule has 4 rings (SSSR count). The van der Waals surface area contributed by atoms with Gasteiger partial charge in [-0.05, 0) is 41.7 Å². The number of rotatable bonds is 6. The molecule has 0 bridgehead atoms. The summed E-state index contributed by atoms with van der Waals surface area (Å²) in [4.78, 5) is 3.28. The highest BCUT2D eigenvalue weighted by molar-refractivity contribution is 5.89. The van der Waals surface area contributed by atoms with E-state index in [-0.39, 0.29) is 13.0 Å². The number of fused-ring (bicyclic) bond motifs is 1. The van der Waals surface area contributed by atoms with Gasteiger partial charge in [0, 0.05) is 23.5 Å². The van der Waals surface area contributed by atoms with Gasteiger partial charge in [0.25, 0.3) is 0 Å². The first-order valence-electron chi connectivity index (χ1n) is 10.0. The number of aliphatic hydroxyl groups is 3.